The van der Waals surface area contributed by atoms with Crippen molar-refractivity contribution in [1.29, 1.82) is 0 Å². The highest BCUT2D eigenvalue weighted by Crippen LogP contribution is 2.32. The second kappa shape index (κ2) is 10.3. The van der Waals surface area contributed by atoms with E-state index in [4.69, 9.17) is 5.21 Å². The van der Waals surface area contributed by atoms with Gasteiger partial charge in [0.2, 0.25) is 0 Å². The highest BCUT2D eigenvalue weighted by molar-refractivity contribution is 5.65. The number of pyridine rings is 2. The number of nitrogens with zero attached hydrogens (tertiary/aromatic N) is 4. The molecule has 1 aliphatic heterocycles. The number of nitrogens with two attached hydrogens (primary N) is 1. The normalized spacial score (nSPS) is 15.6. The van der Waals surface area contributed by atoms with E-state index in [9.17, 15) is 9.90 Å². The van der Waals surface area contributed by atoms with Crippen LogP contribution in [-0.2, 0) is 13.1 Å². The molecular formula is C21H31N5O3. The Morgan fingerprint density at radius 1 is 1.07 bits per heavy atom. The van der Waals surface area contributed by atoms with Crippen molar-refractivity contribution in [3.63, 3.8) is 0 Å². The molecule has 0 bridgehead atoms. The Morgan fingerprint density at radius 2 is 1.52 bits per heavy atom. The Hall–Kier alpha value is -2.55. The fraction of sp³-hybridized carbons (Fsp3) is 0.476. The van der Waals surface area contributed by atoms with Crippen LogP contribution in [0.2, 0.25) is 0 Å². The van der Waals surface area contributed by atoms with Crippen molar-refractivity contribution in [3.8, 4) is 0 Å². The highest BCUT2D eigenvalue weighted by Gasteiger charge is 2.37. The van der Waals surface area contributed by atoms with E-state index in [1.54, 1.807) is 0 Å². The fourth-order valence-electron chi connectivity index (χ4n) is 3.66. The number of likely N-dealkylation sites (tertiary alicyclic amines) is 1. The third kappa shape index (κ3) is 5.72. The van der Waals surface area contributed by atoms with E-state index in [0.29, 0.717) is 13.1 Å². The minimum absolute atomic E-state index is 0.0973. The number of hydrogen-bond acceptors (Lipinski definition) is 6. The summed E-state index contributed by atoms with van der Waals surface area (Å²) >= 11 is 0. The molecule has 1 amide bonds. The van der Waals surface area contributed by atoms with Gasteiger partial charge in [0.05, 0.1) is 11.4 Å². The molecule has 0 unspecified atom stereocenters. The Balaban J connectivity index is 0.00000145. The van der Waals surface area contributed by atoms with E-state index in [0.717, 1.165) is 37.3 Å². The van der Waals surface area contributed by atoms with E-state index in [1.807, 2.05) is 24.5 Å². The molecule has 0 atom stereocenters. The molecule has 1 fully saturated rings. The number of carbonyl (C=O) groups is 1. The van der Waals surface area contributed by atoms with Crippen LogP contribution in [0.25, 0.3) is 0 Å². The largest absolute Gasteiger partial charge is 0.465 e. The number of hydrogen-bond donors (Lipinski definition) is 3. The summed E-state index contributed by atoms with van der Waals surface area (Å²) in [5.41, 5.74) is 4.37. The van der Waals surface area contributed by atoms with Crippen LogP contribution in [-0.4, -0.2) is 54.8 Å². The zero-order valence-corrected chi connectivity index (χ0v) is 17.4. The fourth-order valence-corrected chi connectivity index (χ4v) is 3.66. The van der Waals surface area contributed by atoms with Crippen LogP contribution < -0.4 is 5.90 Å². The summed E-state index contributed by atoms with van der Waals surface area (Å²) in [7, 11) is 0. The van der Waals surface area contributed by atoms with Crippen LogP contribution in [0.3, 0.4) is 0 Å². The van der Waals surface area contributed by atoms with Crippen LogP contribution in [0.15, 0.2) is 36.7 Å². The van der Waals surface area contributed by atoms with Crippen LogP contribution in [0.1, 0.15) is 42.3 Å². The first kappa shape index (κ1) is 22.7. The molecule has 1 saturated heterocycles. The lowest BCUT2D eigenvalue weighted by molar-refractivity contribution is 0.0223. The zero-order valence-electron chi connectivity index (χ0n) is 17.4. The maximum Gasteiger partial charge on any atom is 0.407 e. The minimum atomic E-state index is -0.829. The molecule has 8 heteroatoms. The van der Waals surface area contributed by atoms with Crippen LogP contribution in [0.5, 0.6) is 0 Å². The first-order valence-electron chi connectivity index (χ1n) is 9.69. The molecule has 0 spiro atoms. The van der Waals surface area contributed by atoms with Crippen molar-refractivity contribution in [2.45, 2.75) is 52.2 Å². The van der Waals surface area contributed by atoms with E-state index in [2.05, 4.69) is 53.7 Å². The lowest BCUT2D eigenvalue weighted by atomic mass is 9.87. The SMILES string of the molecule is Cc1cccnc1CN(Cc1ncccc1C)C1(C)CCN(C(=O)O)CC1.NO. The summed E-state index contributed by atoms with van der Waals surface area (Å²) in [6.07, 6.45) is 4.45. The summed E-state index contributed by atoms with van der Waals surface area (Å²) in [4.78, 5) is 24.4. The molecule has 3 heterocycles. The number of piperidine rings is 1. The van der Waals surface area contributed by atoms with Gasteiger partial charge in [0, 0.05) is 44.1 Å². The molecular weight excluding hydrogens is 370 g/mol. The third-order valence-corrected chi connectivity index (χ3v) is 5.79. The van der Waals surface area contributed by atoms with Crippen molar-refractivity contribution in [1.82, 2.24) is 19.8 Å². The minimum Gasteiger partial charge on any atom is -0.465 e. The van der Waals surface area contributed by atoms with Gasteiger partial charge in [-0.05, 0) is 56.9 Å². The molecule has 1 aliphatic rings. The summed E-state index contributed by atoms with van der Waals surface area (Å²) in [5.74, 6) is 3.50. The van der Waals surface area contributed by atoms with Gasteiger partial charge < -0.3 is 15.2 Å². The maximum atomic E-state index is 11.3. The number of aromatic nitrogens is 2. The monoisotopic (exact) mass is 401 g/mol. The topological polar surface area (TPSA) is 116 Å². The van der Waals surface area contributed by atoms with Gasteiger partial charge in [-0.2, -0.15) is 0 Å². The molecule has 0 aliphatic carbocycles. The lowest BCUT2D eigenvalue weighted by Gasteiger charge is -2.46. The van der Waals surface area contributed by atoms with Crippen molar-refractivity contribution in [3.05, 3.63) is 59.2 Å². The number of amides is 1. The second-order valence-electron chi connectivity index (χ2n) is 7.66. The van der Waals surface area contributed by atoms with Crippen LogP contribution in [0.4, 0.5) is 4.79 Å². The molecule has 8 nitrogen and oxygen atoms in total. The summed E-state index contributed by atoms with van der Waals surface area (Å²) < 4.78 is 0. The molecule has 2 aromatic heterocycles. The Bertz CT molecular complexity index is 759. The first-order chi connectivity index (χ1) is 13.9. The van der Waals surface area contributed by atoms with E-state index >= 15 is 0 Å². The molecule has 29 heavy (non-hydrogen) atoms. The number of rotatable bonds is 5. The molecule has 4 N–H and O–H groups in total. The molecule has 0 aromatic carbocycles. The quantitative estimate of drug-likeness (QED) is 0.660. The first-order valence-corrected chi connectivity index (χ1v) is 9.69. The molecule has 0 radical (unpaired) electrons. The number of carboxylic acid groups (broad SMARTS) is 1. The maximum absolute atomic E-state index is 11.3. The van der Waals surface area contributed by atoms with Gasteiger partial charge in [-0.25, -0.2) is 10.7 Å². The average Bonchev–Trinajstić information content (AvgIpc) is 2.72. The summed E-state index contributed by atoms with van der Waals surface area (Å²) in [6, 6.07) is 8.09. The van der Waals surface area contributed by atoms with Crippen molar-refractivity contribution in [2.24, 2.45) is 5.90 Å². The second-order valence-corrected chi connectivity index (χ2v) is 7.66. The van der Waals surface area contributed by atoms with Gasteiger partial charge in [-0.1, -0.05) is 12.1 Å². The average molecular weight is 402 g/mol. The van der Waals surface area contributed by atoms with Gasteiger partial charge >= 0.3 is 6.09 Å². The molecule has 2 aromatic rings. The van der Waals surface area contributed by atoms with Gasteiger partial charge in [0.25, 0.3) is 0 Å². The van der Waals surface area contributed by atoms with Gasteiger partial charge in [-0.3, -0.25) is 14.9 Å². The van der Waals surface area contributed by atoms with Crippen molar-refractivity contribution in [2.75, 3.05) is 13.1 Å². The van der Waals surface area contributed by atoms with Gasteiger partial charge in [0.15, 0.2) is 0 Å². The van der Waals surface area contributed by atoms with Crippen LogP contribution in [0, 0.1) is 13.8 Å². The molecule has 158 valence electrons. The van der Waals surface area contributed by atoms with Crippen LogP contribution >= 0.6 is 0 Å². The standard InChI is InChI=1S/C21H28N4O2.H3NO/c1-16-6-4-10-22-18(16)14-25(15-19-17(2)7-5-11-23-19)21(3)8-12-24(13-9-21)20(26)27;1-2/h4-7,10-11H,8-9,12-15H2,1-3H3,(H,26,27);2H,1H2. The summed E-state index contributed by atoms with van der Waals surface area (Å²) in [6.45, 7) is 8.99. The third-order valence-electron chi connectivity index (χ3n) is 5.79. The highest BCUT2D eigenvalue weighted by atomic mass is 16.4. The predicted octanol–water partition coefficient (Wildman–Crippen LogP) is 2.96. The molecule has 3 rings (SSSR count). The van der Waals surface area contributed by atoms with E-state index < -0.39 is 6.09 Å². The Kier molecular flexibility index (Phi) is 8.07. The Labute approximate surface area is 172 Å². The van der Waals surface area contributed by atoms with Crippen molar-refractivity contribution < 1.29 is 15.1 Å². The van der Waals surface area contributed by atoms with Crippen molar-refractivity contribution >= 4 is 6.09 Å². The lowest BCUT2D eigenvalue weighted by Crippen LogP contribution is -2.54. The predicted molar refractivity (Wildman–Crippen MR) is 110 cm³/mol. The van der Waals surface area contributed by atoms with Gasteiger partial charge in [0.1, 0.15) is 0 Å². The summed E-state index contributed by atoms with van der Waals surface area (Å²) in [5, 5.41) is 15.8. The van der Waals surface area contributed by atoms with Gasteiger partial charge in [-0.15, -0.1) is 0 Å². The molecule has 0 saturated carbocycles. The van der Waals surface area contributed by atoms with E-state index in [1.165, 1.54) is 16.0 Å². The van der Waals surface area contributed by atoms with E-state index in [-0.39, 0.29) is 5.54 Å². The number of aryl methyl sites for hydroxylation is 2. The Morgan fingerprint density at radius 3 is 1.90 bits per heavy atom. The zero-order chi connectivity index (χ0) is 21.4. The smallest absolute Gasteiger partial charge is 0.407 e.